The van der Waals surface area contributed by atoms with E-state index >= 15 is 0 Å². The van der Waals surface area contributed by atoms with E-state index in [1.54, 1.807) is 6.20 Å². The van der Waals surface area contributed by atoms with Crippen molar-refractivity contribution in [1.29, 1.82) is 0 Å². The maximum absolute atomic E-state index is 4.41. The molecule has 0 amide bonds. The number of rotatable bonds is 3. The van der Waals surface area contributed by atoms with Gasteiger partial charge in [0.05, 0.1) is 5.69 Å². The average molecular weight is 583 g/mol. The third-order valence-corrected chi connectivity index (χ3v) is 4.92. The van der Waals surface area contributed by atoms with Gasteiger partial charge in [0.2, 0.25) is 0 Å². The molecule has 0 aliphatic carbocycles. The molecule has 5 aromatic rings. The zero-order valence-electron chi connectivity index (χ0n) is 17.4. The first-order chi connectivity index (χ1) is 14.6. The SMILES string of the molecule is CC(C)(c1[c-]cccc1)c1ccccn1.[Ir].c1ccc(-c2nc3ccccc3[n-]2)nc1. The Morgan fingerprint density at radius 2 is 1.48 bits per heavy atom. The minimum atomic E-state index is -0.0808. The minimum Gasteiger partial charge on any atom is -0.434 e. The van der Waals surface area contributed by atoms with Gasteiger partial charge in [-0.05, 0) is 41.1 Å². The fourth-order valence-electron chi connectivity index (χ4n) is 3.17. The zero-order chi connectivity index (χ0) is 20.8. The first-order valence-corrected chi connectivity index (χ1v) is 9.84. The Balaban J connectivity index is 0.000000170. The zero-order valence-corrected chi connectivity index (χ0v) is 19.8. The maximum atomic E-state index is 4.41. The summed E-state index contributed by atoms with van der Waals surface area (Å²) in [6.45, 7) is 4.34. The Labute approximate surface area is 196 Å². The number of nitrogens with zero attached hydrogens (tertiary/aromatic N) is 4. The molecule has 0 fully saturated rings. The number of hydrogen-bond acceptors (Lipinski definition) is 3. The van der Waals surface area contributed by atoms with Crippen LogP contribution in [0.15, 0.2) is 97.3 Å². The predicted octanol–water partition coefficient (Wildman–Crippen LogP) is 5.46. The van der Waals surface area contributed by atoms with Crippen molar-refractivity contribution in [2.75, 3.05) is 0 Å². The maximum Gasteiger partial charge on any atom is 0.0620 e. The largest absolute Gasteiger partial charge is 0.434 e. The number of imidazole rings is 1. The first-order valence-electron chi connectivity index (χ1n) is 9.84. The number of hydrogen-bond donors (Lipinski definition) is 0. The van der Waals surface area contributed by atoms with Gasteiger partial charge in [0.15, 0.2) is 0 Å². The molecule has 31 heavy (non-hydrogen) atoms. The average Bonchev–Trinajstić information content (AvgIpc) is 3.26. The second-order valence-electron chi connectivity index (χ2n) is 7.37. The Morgan fingerprint density at radius 3 is 2.13 bits per heavy atom. The summed E-state index contributed by atoms with van der Waals surface area (Å²) in [6.07, 6.45) is 3.58. The van der Waals surface area contributed by atoms with Crippen molar-refractivity contribution < 1.29 is 20.1 Å². The summed E-state index contributed by atoms with van der Waals surface area (Å²) in [4.78, 5) is 17.4. The standard InChI is InChI=1S/C14H14N.C12H8N3.Ir/c1-14(2,12-8-4-3-5-9-12)13-10-6-7-11-15-13;1-2-6-10-9(5-1)14-12(15-10)11-7-3-4-8-13-11;/h3-8,10-11H,1-2H3;1-8H;/q2*-1;. The Kier molecular flexibility index (Phi) is 7.45. The molecule has 2 aromatic carbocycles. The van der Waals surface area contributed by atoms with Crippen LogP contribution in [0.4, 0.5) is 0 Å². The van der Waals surface area contributed by atoms with Crippen LogP contribution in [0.3, 0.4) is 0 Å². The van der Waals surface area contributed by atoms with Crippen LogP contribution in [0, 0.1) is 6.07 Å². The van der Waals surface area contributed by atoms with Crippen molar-refractivity contribution in [3.8, 4) is 11.5 Å². The van der Waals surface area contributed by atoms with E-state index < -0.39 is 0 Å². The van der Waals surface area contributed by atoms with Crippen LogP contribution in [-0.4, -0.2) is 15.0 Å². The fourth-order valence-corrected chi connectivity index (χ4v) is 3.17. The molecule has 0 bridgehead atoms. The van der Waals surface area contributed by atoms with E-state index in [9.17, 15) is 0 Å². The summed E-state index contributed by atoms with van der Waals surface area (Å²) in [5.74, 6) is 0.691. The molecule has 0 saturated carbocycles. The monoisotopic (exact) mass is 583 g/mol. The van der Waals surface area contributed by atoms with E-state index in [4.69, 9.17) is 0 Å². The summed E-state index contributed by atoms with van der Waals surface area (Å²) in [7, 11) is 0. The number of para-hydroxylation sites is 2. The van der Waals surface area contributed by atoms with Crippen LogP contribution >= 0.6 is 0 Å². The van der Waals surface area contributed by atoms with Gasteiger partial charge >= 0.3 is 0 Å². The van der Waals surface area contributed by atoms with Crippen molar-refractivity contribution in [2.24, 2.45) is 0 Å². The number of pyridine rings is 2. The van der Waals surface area contributed by atoms with Crippen LogP contribution in [0.25, 0.3) is 22.6 Å². The van der Waals surface area contributed by atoms with Crippen LogP contribution in [-0.2, 0) is 25.5 Å². The molecule has 5 heteroatoms. The van der Waals surface area contributed by atoms with Crippen LogP contribution in [0.1, 0.15) is 25.1 Å². The van der Waals surface area contributed by atoms with E-state index in [2.05, 4.69) is 52.0 Å². The molecule has 5 rings (SSSR count). The summed E-state index contributed by atoms with van der Waals surface area (Å²) in [5.41, 5.74) is 4.81. The molecule has 0 saturated heterocycles. The van der Waals surface area contributed by atoms with E-state index in [0.717, 1.165) is 22.4 Å². The molecular weight excluding hydrogens is 561 g/mol. The van der Waals surface area contributed by atoms with Gasteiger partial charge < -0.3 is 9.97 Å². The molecule has 0 spiro atoms. The number of benzene rings is 2. The van der Waals surface area contributed by atoms with E-state index in [1.165, 1.54) is 5.56 Å². The van der Waals surface area contributed by atoms with Gasteiger partial charge in [-0.25, -0.2) is 0 Å². The first kappa shape index (κ1) is 22.5. The summed E-state index contributed by atoms with van der Waals surface area (Å²) >= 11 is 0. The van der Waals surface area contributed by atoms with Crippen molar-refractivity contribution in [1.82, 2.24) is 19.9 Å². The van der Waals surface area contributed by atoms with Crippen molar-refractivity contribution in [3.05, 3.63) is 115 Å². The Morgan fingerprint density at radius 1 is 0.774 bits per heavy atom. The van der Waals surface area contributed by atoms with Crippen LogP contribution in [0.2, 0.25) is 0 Å². The van der Waals surface area contributed by atoms with Gasteiger partial charge in [-0.1, -0.05) is 50.2 Å². The topological polar surface area (TPSA) is 52.8 Å². The predicted molar refractivity (Wildman–Crippen MR) is 120 cm³/mol. The van der Waals surface area contributed by atoms with Crippen LogP contribution in [0.5, 0.6) is 0 Å². The van der Waals surface area contributed by atoms with Gasteiger partial charge in [-0.2, -0.15) is 35.9 Å². The van der Waals surface area contributed by atoms with Crippen molar-refractivity contribution >= 4 is 11.0 Å². The van der Waals surface area contributed by atoms with E-state index in [0.29, 0.717) is 5.82 Å². The van der Waals surface area contributed by atoms with E-state index in [1.807, 2.05) is 79.0 Å². The van der Waals surface area contributed by atoms with Crippen LogP contribution < -0.4 is 4.98 Å². The normalized spacial score (nSPS) is 10.6. The summed E-state index contributed by atoms with van der Waals surface area (Å²) in [6, 6.07) is 30.9. The van der Waals surface area contributed by atoms with Gasteiger partial charge in [-0.15, -0.1) is 0 Å². The molecule has 0 aliphatic heterocycles. The molecule has 0 aliphatic rings. The molecule has 3 aromatic heterocycles. The summed E-state index contributed by atoms with van der Waals surface area (Å²) in [5, 5.41) is 0. The summed E-state index contributed by atoms with van der Waals surface area (Å²) < 4.78 is 0. The van der Waals surface area contributed by atoms with Gasteiger partial charge in [0.25, 0.3) is 0 Å². The molecule has 0 atom stereocenters. The van der Waals surface area contributed by atoms with Gasteiger partial charge in [-0.3, -0.25) is 9.97 Å². The Bertz CT molecular complexity index is 1130. The smallest absolute Gasteiger partial charge is 0.0620 e. The molecule has 0 unspecified atom stereocenters. The molecular formula is C26H22IrN4-2. The van der Waals surface area contributed by atoms with E-state index in [-0.39, 0.29) is 25.5 Å². The second-order valence-corrected chi connectivity index (χ2v) is 7.37. The Hall–Kier alpha value is -3.14. The third-order valence-electron chi connectivity index (χ3n) is 4.92. The third kappa shape index (κ3) is 5.32. The molecule has 3 heterocycles. The van der Waals surface area contributed by atoms with Gasteiger partial charge in [0.1, 0.15) is 0 Å². The molecule has 4 nitrogen and oxygen atoms in total. The number of fused-ring (bicyclic) bond motifs is 1. The van der Waals surface area contributed by atoms with Crippen molar-refractivity contribution in [2.45, 2.75) is 19.3 Å². The van der Waals surface area contributed by atoms with Crippen molar-refractivity contribution in [3.63, 3.8) is 0 Å². The molecule has 157 valence electrons. The second kappa shape index (κ2) is 10.3. The minimum absolute atomic E-state index is 0. The van der Waals surface area contributed by atoms with Gasteiger partial charge in [0, 0.05) is 43.6 Å². The molecule has 1 radical (unpaired) electrons. The number of aromatic nitrogens is 4. The molecule has 0 N–H and O–H groups in total. The fraction of sp³-hybridized carbons (Fsp3) is 0.115. The quantitative estimate of drug-likeness (QED) is 0.265.